The first-order valence-electron chi connectivity index (χ1n) is 8.69. The maximum atomic E-state index is 11.9. The molecule has 9 heteroatoms. The molecule has 0 amide bonds. The summed E-state index contributed by atoms with van der Waals surface area (Å²) >= 11 is 0. The smallest absolute Gasteiger partial charge is 0.353 e. The van der Waals surface area contributed by atoms with Gasteiger partial charge in [0.05, 0.1) is 17.4 Å². The molecule has 1 aliphatic heterocycles. The molecular formula is C16H25N5O4. The van der Waals surface area contributed by atoms with Crippen LogP contribution in [0.15, 0.2) is 6.33 Å². The Morgan fingerprint density at radius 1 is 1.32 bits per heavy atom. The van der Waals surface area contributed by atoms with Gasteiger partial charge in [0.1, 0.15) is 6.33 Å². The minimum Gasteiger partial charge on any atom is -0.466 e. The summed E-state index contributed by atoms with van der Waals surface area (Å²) in [5.41, 5.74) is -0.0687. The van der Waals surface area contributed by atoms with E-state index in [2.05, 4.69) is 9.97 Å². The van der Waals surface area contributed by atoms with Crippen LogP contribution in [0, 0.1) is 16.0 Å². The third-order valence-corrected chi connectivity index (χ3v) is 4.44. The highest BCUT2D eigenvalue weighted by atomic mass is 16.6. The Hall–Kier alpha value is -2.45. The molecule has 0 spiro atoms. The van der Waals surface area contributed by atoms with Gasteiger partial charge in [-0.25, -0.2) is 9.97 Å². The summed E-state index contributed by atoms with van der Waals surface area (Å²) in [5.74, 6) is 0.319. The lowest BCUT2D eigenvalue weighted by molar-refractivity contribution is -0.383. The van der Waals surface area contributed by atoms with Gasteiger partial charge in [-0.05, 0) is 33.6 Å². The van der Waals surface area contributed by atoms with E-state index in [4.69, 9.17) is 4.74 Å². The number of nitrogens with zero attached hydrogens (tertiary/aromatic N) is 5. The van der Waals surface area contributed by atoms with E-state index in [1.54, 1.807) is 6.92 Å². The largest absolute Gasteiger partial charge is 0.466 e. The predicted octanol–water partition coefficient (Wildman–Crippen LogP) is 2.01. The van der Waals surface area contributed by atoms with Gasteiger partial charge in [0.2, 0.25) is 11.6 Å². The van der Waals surface area contributed by atoms with E-state index < -0.39 is 4.92 Å². The molecule has 2 heterocycles. The van der Waals surface area contributed by atoms with Gasteiger partial charge in [0.15, 0.2) is 0 Å². The SMILES string of the molecule is CCOC(=O)C1CCN(c2ncnc(N(CC)CC)c2[N+](=O)[O-])CC1. The average Bonchev–Trinajstić information content (AvgIpc) is 2.62. The van der Waals surface area contributed by atoms with Gasteiger partial charge in [0, 0.05) is 26.2 Å². The fraction of sp³-hybridized carbons (Fsp3) is 0.688. The summed E-state index contributed by atoms with van der Waals surface area (Å²) in [4.78, 5) is 35.1. The highest BCUT2D eigenvalue weighted by Crippen LogP contribution is 2.35. The molecule has 9 nitrogen and oxygen atoms in total. The van der Waals surface area contributed by atoms with Crippen LogP contribution in [0.5, 0.6) is 0 Å². The maximum Gasteiger partial charge on any atom is 0.353 e. The summed E-state index contributed by atoms with van der Waals surface area (Å²) in [6.07, 6.45) is 2.56. The fourth-order valence-electron chi connectivity index (χ4n) is 3.10. The predicted molar refractivity (Wildman–Crippen MR) is 93.8 cm³/mol. The molecule has 0 unspecified atom stereocenters. The first-order valence-corrected chi connectivity index (χ1v) is 8.69. The van der Waals surface area contributed by atoms with E-state index in [0.29, 0.717) is 57.3 Å². The van der Waals surface area contributed by atoms with Crippen LogP contribution in [0.4, 0.5) is 17.3 Å². The summed E-state index contributed by atoms with van der Waals surface area (Å²) in [5, 5.41) is 11.7. The molecule has 2 rings (SSSR count). The standard InChI is InChI=1S/C16H25N5O4/c1-4-19(5-2)14-13(21(23)24)15(18-11-17-14)20-9-7-12(8-10-20)16(22)25-6-3/h11-12H,4-10H2,1-3H3. The zero-order chi connectivity index (χ0) is 18.4. The molecule has 138 valence electrons. The third-order valence-electron chi connectivity index (χ3n) is 4.44. The quantitative estimate of drug-likeness (QED) is 0.418. The van der Waals surface area contributed by atoms with Crippen molar-refractivity contribution in [2.45, 2.75) is 33.6 Å². The second-order valence-corrected chi connectivity index (χ2v) is 5.81. The monoisotopic (exact) mass is 351 g/mol. The van der Waals surface area contributed by atoms with Crippen LogP contribution in [0.1, 0.15) is 33.6 Å². The Kier molecular flexibility index (Phi) is 6.49. The number of aromatic nitrogens is 2. The highest BCUT2D eigenvalue weighted by molar-refractivity contribution is 5.74. The number of anilines is 2. The van der Waals surface area contributed by atoms with Crippen molar-refractivity contribution in [3.8, 4) is 0 Å². The Bertz CT molecular complexity index is 613. The van der Waals surface area contributed by atoms with E-state index in [1.807, 2.05) is 23.6 Å². The van der Waals surface area contributed by atoms with E-state index in [1.165, 1.54) is 6.33 Å². The highest BCUT2D eigenvalue weighted by Gasteiger charge is 2.33. The molecule has 0 bridgehead atoms. The van der Waals surface area contributed by atoms with Crippen LogP contribution in [-0.4, -0.2) is 53.6 Å². The Morgan fingerprint density at radius 3 is 2.48 bits per heavy atom. The maximum absolute atomic E-state index is 11.9. The van der Waals surface area contributed by atoms with Crippen molar-refractivity contribution >= 4 is 23.3 Å². The van der Waals surface area contributed by atoms with Crippen LogP contribution in [-0.2, 0) is 9.53 Å². The second-order valence-electron chi connectivity index (χ2n) is 5.81. The molecule has 0 radical (unpaired) electrons. The van der Waals surface area contributed by atoms with Crippen LogP contribution in [0.3, 0.4) is 0 Å². The average molecular weight is 351 g/mol. The van der Waals surface area contributed by atoms with Gasteiger partial charge in [0.25, 0.3) is 0 Å². The van der Waals surface area contributed by atoms with Crippen molar-refractivity contribution in [1.82, 2.24) is 9.97 Å². The summed E-state index contributed by atoms with van der Waals surface area (Å²) in [7, 11) is 0. The van der Waals surface area contributed by atoms with Crippen LogP contribution in [0.25, 0.3) is 0 Å². The Balaban J connectivity index is 2.24. The minimum atomic E-state index is -0.416. The molecule has 1 fully saturated rings. The van der Waals surface area contributed by atoms with Gasteiger partial charge in [-0.3, -0.25) is 14.9 Å². The first-order chi connectivity index (χ1) is 12.0. The number of carbonyl (C=O) groups excluding carboxylic acids is 1. The molecule has 1 aromatic heterocycles. The minimum absolute atomic E-state index is 0.0687. The Labute approximate surface area is 147 Å². The number of hydrogen-bond acceptors (Lipinski definition) is 8. The van der Waals surface area contributed by atoms with Crippen LogP contribution in [0.2, 0.25) is 0 Å². The lowest BCUT2D eigenvalue weighted by atomic mass is 9.97. The van der Waals surface area contributed by atoms with Crippen molar-refractivity contribution in [2.75, 3.05) is 42.6 Å². The summed E-state index contributed by atoms with van der Waals surface area (Å²) in [6.45, 7) is 8.31. The van der Waals surface area contributed by atoms with Crippen LogP contribution < -0.4 is 9.80 Å². The first kappa shape index (κ1) is 18.9. The molecule has 1 aliphatic rings. The summed E-state index contributed by atoms with van der Waals surface area (Å²) in [6, 6.07) is 0. The fourth-order valence-corrected chi connectivity index (χ4v) is 3.10. The number of nitro groups is 1. The normalized spacial score (nSPS) is 15.1. The number of carbonyl (C=O) groups is 1. The van der Waals surface area contributed by atoms with Gasteiger partial charge in [-0.15, -0.1) is 0 Å². The number of piperidine rings is 1. The summed E-state index contributed by atoms with van der Waals surface area (Å²) < 4.78 is 5.07. The lowest BCUT2D eigenvalue weighted by Gasteiger charge is -2.31. The third kappa shape index (κ3) is 4.15. The molecular weight excluding hydrogens is 326 g/mol. The van der Waals surface area contributed by atoms with Crippen molar-refractivity contribution in [3.63, 3.8) is 0 Å². The van der Waals surface area contributed by atoms with E-state index >= 15 is 0 Å². The van der Waals surface area contributed by atoms with Crippen LogP contribution >= 0.6 is 0 Å². The number of rotatable bonds is 7. The number of esters is 1. The van der Waals surface area contributed by atoms with E-state index in [9.17, 15) is 14.9 Å². The van der Waals surface area contributed by atoms with Gasteiger partial charge in [-0.2, -0.15) is 0 Å². The Morgan fingerprint density at radius 2 is 1.96 bits per heavy atom. The second kappa shape index (κ2) is 8.59. The molecule has 1 saturated heterocycles. The zero-order valence-electron chi connectivity index (χ0n) is 15.0. The molecule has 25 heavy (non-hydrogen) atoms. The van der Waals surface area contributed by atoms with Crippen molar-refractivity contribution in [1.29, 1.82) is 0 Å². The topological polar surface area (TPSA) is 102 Å². The molecule has 1 aromatic rings. The molecule has 0 N–H and O–H groups in total. The number of ether oxygens (including phenoxy) is 1. The van der Waals surface area contributed by atoms with Gasteiger partial charge in [-0.1, -0.05) is 0 Å². The number of hydrogen-bond donors (Lipinski definition) is 0. The lowest BCUT2D eigenvalue weighted by Crippen LogP contribution is -2.38. The zero-order valence-corrected chi connectivity index (χ0v) is 15.0. The van der Waals surface area contributed by atoms with Gasteiger partial charge < -0.3 is 14.5 Å². The molecule has 0 aliphatic carbocycles. The van der Waals surface area contributed by atoms with Crippen molar-refractivity contribution in [2.24, 2.45) is 5.92 Å². The molecule has 0 saturated carbocycles. The van der Waals surface area contributed by atoms with Crippen molar-refractivity contribution in [3.05, 3.63) is 16.4 Å². The molecule has 0 atom stereocenters. The molecule has 0 aromatic carbocycles. The van der Waals surface area contributed by atoms with Gasteiger partial charge >= 0.3 is 11.7 Å². The van der Waals surface area contributed by atoms with Crippen molar-refractivity contribution < 1.29 is 14.5 Å². The van der Waals surface area contributed by atoms with E-state index in [0.717, 1.165) is 0 Å². The van der Waals surface area contributed by atoms with E-state index in [-0.39, 0.29) is 17.6 Å².